The second-order valence-corrected chi connectivity index (χ2v) is 13.9. The number of carboxylic acids is 1. The van der Waals surface area contributed by atoms with Crippen molar-refractivity contribution in [2.75, 3.05) is 63.7 Å². The monoisotopic (exact) mass is 724 g/mol. The van der Waals surface area contributed by atoms with Crippen molar-refractivity contribution >= 4 is 29.2 Å². The molecule has 1 unspecified atom stereocenters. The van der Waals surface area contributed by atoms with Gasteiger partial charge in [0.05, 0.1) is 48.3 Å². The number of amides is 2. The summed E-state index contributed by atoms with van der Waals surface area (Å²) in [5.74, 6) is 0.934. The molecule has 2 amide bonds. The Hall–Kier alpha value is -5.69. The van der Waals surface area contributed by atoms with Gasteiger partial charge >= 0.3 is 5.97 Å². The average molecular weight is 725 g/mol. The van der Waals surface area contributed by atoms with Crippen molar-refractivity contribution in [2.24, 2.45) is 0 Å². The van der Waals surface area contributed by atoms with Crippen molar-refractivity contribution in [1.29, 1.82) is 0 Å². The maximum atomic E-state index is 13.5. The molecule has 0 aliphatic carbocycles. The van der Waals surface area contributed by atoms with Gasteiger partial charge in [0.2, 0.25) is 0 Å². The zero-order valence-electron chi connectivity index (χ0n) is 30.0. The van der Waals surface area contributed by atoms with Crippen LogP contribution < -0.4 is 29.6 Å². The number of aliphatic carboxylic acids is 1. The summed E-state index contributed by atoms with van der Waals surface area (Å²) in [6, 6.07) is 13.0. The first-order valence-corrected chi connectivity index (χ1v) is 17.7. The van der Waals surface area contributed by atoms with Crippen LogP contribution in [0, 0.1) is 6.92 Å². The number of anilines is 2. The lowest BCUT2D eigenvalue weighted by Gasteiger charge is -2.21. The van der Waals surface area contributed by atoms with E-state index in [1.54, 1.807) is 12.1 Å². The fourth-order valence-electron chi connectivity index (χ4n) is 7.36. The van der Waals surface area contributed by atoms with Crippen LogP contribution in [0.2, 0.25) is 0 Å². The van der Waals surface area contributed by atoms with Crippen molar-refractivity contribution in [3.05, 3.63) is 94.6 Å². The lowest BCUT2D eigenvalue weighted by atomic mass is 10.1. The largest absolute Gasteiger partial charge is 0.493 e. The van der Waals surface area contributed by atoms with Gasteiger partial charge in [-0.05, 0) is 66.8 Å². The third-order valence-corrected chi connectivity index (χ3v) is 9.91. The molecule has 53 heavy (non-hydrogen) atoms. The molecule has 2 saturated heterocycles. The second kappa shape index (κ2) is 15.1. The van der Waals surface area contributed by atoms with E-state index in [4.69, 9.17) is 28.8 Å². The van der Waals surface area contributed by atoms with Crippen LogP contribution in [0.5, 0.6) is 23.0 Å². The van der Waals surface area contributed by atoms with E-state index in [-0.39, 0.29) is 50.3 Å². The van der Waals surface area contributed by atoms with E-state index in [9.17, 15) is 14.4 Å². The third-order valence-electron chi connectivity index (χ3n) is 9.91. The SMILES string of the molecule is C=C1CC2CNc3cc(OCc4cc(COc5cc6c(cc5C)C(=O)N5CC(=C)C[C@H]5CN6)cc(OCCOCC(=O)O)c4)c(OC)cc3C(=O)N2C1. The van der Waals surface area contributed by atoms with Gasteiger partial charge in [0.15, 0.2) is 11.5 Å². The van der Waals surface area contributed by atoms with Crippen molar-refractivity contribution < 1.29 is 43.2 Å². The molecule has 3 aromatic rings. The smallest absolute Gasteiger partial charge is 0.329 e. The van der Waals surface area contributed by atoms with Crippen molar-refractivity contribution in [1.82, 2.24) is 9.80 Å². The Morgan fingerprint density at radius 2 is 1.34 bits per heavy atom. The van der Waals surface area contributed by atoms with Gasteiger partial charge in [-0.1, -0.05) is 24.3 Å². The molecular formula is C40H44N4O9. The molecule has 3 N–H and O–H groups in total. The highest BCUT2D eigenvalue weighted by atomic mass is 16.5. The maximum Gasteiger partial charge on any atom is 0.329 e. The van der Waals surface area contributed by atoms with Crippen LogP contribution in [-0.2, 0) is 22.7 Å². The number of nitrogens with one attached hydrogen (secondary N) is 2. The molecular weight excluding hydrogens is 680 g/mol. The fraction of sp³-hybridized carbons (Fsp3) is 0.375. The molecule has 4 aliphatic heterocycles. The van der Waals surface area contributed by atoms with Gasteiger partial charge in [0, 0.05) is 38.3 Å². The Morgan fingerprint density at radius 3 is 1.92 bits per heavy atom. The number of benzene rings is 3. The van der Waals surface area contributed by atoms with Crippen molar-refractivity contribution in [2.45, 2.75) is 45.1 Å². The number of hydrogen-bond donors (Lipinski definition) is 3. The fourth-order valence-corrected chi connectivity index (χ4v) is 7.36. The lowest BCUT2D eigenvalue weighted by Crippen LogP contribution is -2.36. The van der Waals surface area contributed by atoms with Gasteiger partial charge < -0.3 is 49.2 Å². The molecule has 0 spiro atoms. The van der Waals surface area contributed by atoms with Crippen molar-refractivity contribution in [3.8, 4) is 23.0 Å². The number of methoxy groups -OCH3 is 1. The summed E-state index contributed by atoms with van der Waals surface area (Å²) in [6.45, 7) is 12.6. The van der Waals surface area contributed by atoms with Gasteiger partial charge in [-0.2, -0.15) is 0 Å². The highest BCUT2D eigenvalue weighted by Crippen LogP contribution is 2.39. The molecule has 4 heterocycles. The average Bonchev–Trinajstić information content (AvgIpc) is 3.65. The molecule has 2 fully saturated rings. The Balaban J connectivity index is 1.09. The van der Waals surface area contributed by atoms with E-state index in [1.807, 2.05) is 47.1 Å². The molecule has 0 radical (unpaired) electrons. The first kappa shape index (κ1) is 35.7. The normalized spacial score (nSPS) is 18.9. The van der Waals surface area contributed by atoms with Crippen LogP contribution in [0.4, 0.5) is 11.4 Å². The number of aryl methyl sites for hydroxylation is 1. The zero-order valence-corrected chi connectivity index (χ0v) is 30.0. The molecule has 13 heteroatoms. The number of carbonyl (C=O) groups is 3. The molecule has 278 valence electrons. The van der Waals surface area contributed by atoms with E-state index in [2.05, 4.69) is 23.8 Å². The number of hydrogen-bond acceptors (Lipinski definition) is 10. The van der Waals surface area contributed by atoms with E-state index in [0.29, 0.717) is 66.0 Å². The minimum absolute atomic E-state index is 0.00904. The predicted octanol–water partition coefficient (Wildman–Crippen LogP) is 5.03. The maximum absolute atomic E-state index is 13.5. The zero-order chi connectivity index (χ0) is 37.2. The highest BCUT2D eigenvalue weighted by molar-refractivity contribution is 6.02. The standard InChI is InChI=1S/C40H44N4O9/c1-23-7-28-16-41-33-14-35(25(3)9-31(33)39(47)43(28)18-23)52-20-26-10-27(12-30(11-26)51-6-5-50-22-38(45)46)21-53-37-15-34-32(13-36(37)49-4)40(48)44-19-24(2)8-29(44)17-42-34/h9-15,28-29,41-42H,1-2,5-8,16-22H2,3-4H3,(H,45,46)/t28-,29?/m0/s1. The van der Waals surface area contributed by atoms with Gasteiger partial charge in [-0.15, -0.1) is 0 Å². The molecule has 0 aromatic heterocycles. The number of fused-ring (bicyclic) bond motifs is 4. The Labute approximate surface area is 308 Å². The molecule has 7 rings (SSSR count). The minimum Gasteiger partial charge on any atom is -0.493 e. The minimum atomic E-state index is -1.05. The first-order chi connectivity index (χ1) is 25.6. The number of carboxylic acid groups (broad SMARTS) is 1. The Kier molecular flexibility index (Phi) is 10.2. The number of nitrogens with zero attached hydrogens (tertiary/aromatic N) is 2. The van der Waals surface area contributed by atoms with Gasteiger partial charge in [-0.3, -0.25) is 9.59 Å². The molecule has 4 aliphatic rings. The molecule has 0 saturated carbocycles. The van der Waals surface area contributed by atoms with Crippen LogP contribution in [-0.4, -0.2) is 97.9 Å². The topological polar surface area (TPSA) is 148 Å². The summed E-state index contributed by atoms with van der Waals surface area (Å²) in [7, 11) is 1.54. The van der Waals surface area contributed by atoms with Crippen LogP contribution in [0.25, 0.3) is 0 Å². The van der Waals surface area contributed by atoms with Gasteiger partial charge in [-0.25, -0.2) is 4.79 Å². The second-order valence-electron chi connectivity index (χ2n) is 13.9. The van der Waals surface area contributed by atoms with Crippen LogP contribution in [0.3, 0.4) is 0 Å². The third kappa shape index (κ3) is 7.75. The first-order valence-electron chi connectivity index (χ1n) is 17.7. The summed E-state index contributed by atoms with van der Waals surface area (Å²) in [5, 5.41) is 15.7. The van der Waals surface area contributed by atoms with Gasteiger partial charge in [0.25, 0.3) is 11.8 Å². The predicted molar refractivity (Wildman–Crippen MR) is 197 cm³/mol. The van der Waals surface area contributed by atoms with Crippen LogP contribution in [0.1, 0.15) is 50.2 Å². The highest BCUT2D eigenvalue weighted by Gasteiger charge is 2.37. The molecule has 13 nitrogen and oxygen atoms in total. The number of ether oxygens (including phenoxy) is 5. The van der Waals surface area contributed by atoms with E-state index in [1.165, 1.54) is 7.11 Å². The summed E-state index contributed by atoms with van der Waals surface area (Å²) in [6.07, 6.45) is 1.55. The molecule has 3 aromatic carbocycles. The molecule has 2 atom stereocenters. The van der Waals surface area contributed by atoms with Crippen LogP contribution in [0.15, 0.2) is 66.8 Å². The Morgan fingerprint density at radius 1 is 0.774 bits per heavy atom. The lowest BCUT2D eigenvalue weighted by molar-refractivity contribution is -0.142. The quantitative estimate of drug-likeness (QED) is 0.161. The summed E-state index contributed by atoms with van der Waals surface area (Å²) in [5.41, 5.74) is 7.06. The Bertz CT molecular complexity index is 1980. The van der Waals surface area contributed by atoms with E-state index < -0.39 is 12.6 Å². The summed E-state index contributed by atoms with van der Waals surface area (Å²) in [4.78, 5) is 41.5. The van der Waals surface area contributed by atoms with E-state index >= 15 is 0 Å². The van der Waals surface area contributed by atoms with E-state index in [0.717, 1.165) is 46.4 Å². The van der Waals surface area contributed by atoms with Gasteiger partial charge in [0.1, 0.15) is 37.9 Å². The van der Waals surface area contributed by atoms with Crippen molar-refractivity contribution in [3.63, 3.8) is 0 Å². The summed E-state index contributed by atoms with van der Waals surface area (Å²) >= 11 is 0. The summed E-state index contributed by atoms with van der Waals surface area (Å²) < 4.78 is 29.4. The number of rotatable bonds is 13. The number of carbonyl (C=O) groups excluding carboxylic acids is 2. The van der Waals surface area contributed by atoms with Crippen LogP contribution >= 0.6 is 0 Å². The molecule has 0 bridgehead atoms.